The first-order valence-electron chi connectivity index (χ1n) is 4.53. The van der Waals surface area contributed by atoms with Crippen molar-refractivity contribution in [3.8, 4) is 11.3 Å². The van der Waals surface area contributed by atoms with E-state index in [9.17, 15) is 0 Å². The zero-order valence-electron chi connectivity index (χ0n) is 8.34. The summed E-state index contributed by atoms with van der Waals surface area (Å²) in [5.41, 5.74) is 1.42. The van der Waals surface area contributed by atoms with E-state index in [1.54, 1.807) is 19.1 Å². The SMILES string of the molecule is Cc1nc(Cl)cc(-c2cccc(Cl)c2Cl)n1. The van der Waals surface area contributed by atoms with Crippen LogP contribution >= 0.6 is 34.8 Å². The summed E-state index contributed by atoms with van der Waals surface area (Å²) in [6.07, 6.45) is 0. The Balaban J connectivity index is 2.63. The highest BCUT2D eigenvalue weighted by molar-refractivity contribution is 6.43. The first kappa shape index (κ1) is 11.6. The monoisotopic (exact) mass is 272 g/mol. The highest BCUT2D eigenvalue weighted by Gasteiger charge is 2.09. The third-order valence-corrected chi connectivity index (χ3v) is 3.05. The highest BCUT2D eigenvalue weighted by Crippen LogP contribution is 2.32. The van der Waals surface area contributed by atoms with Crippen molar-refractivity contribution in [2.45, 2.75) is 6.92 Å². The molecular formula is C11H7Cl3N2. The van der Waals surface area contributed by atoms with Gasteiger partial charge >= 0.3 is 0 Å². The van der Waals surface area contributed by atoms with Gasteiger partial charge in [0.2, 0.25) is 0 Å². The number of nitrogens with zero attached hydrogens (tertiary/aromatic N) is 2. The molecule has 0 aliphatic rings. The Hall–Kier alpha value is -0.830. The molecule has 0 aliphatic heterocycles. The Kier molecular flexibility index (Phi) is 3.33. The lowest BCUT2D eigenvalue weighted by molar-refractivity contribution is 1.06. The van der Waals surface area contributed by atoms with Crippen molar-refractivity contribution >= 4 is 34.8 Å². The standard InChI is InChI=1S/C11H7Cl3N2/c1-6-15-9(5-10(13)16-6)7-3-2-4-8(12)11(7)14/h2-5H,1H3. The van der Waals surface area contributed by atoms with Crippen molar-refractivity contribution < 1.29 is 0 Å². The minimum atomic E-state index is 0.388. The fourth-order valence-corrected chi connectivity index (χ4v) is 1.99. The quantitative estimate of drug-likeness (QED) is 0.719. The molecule has 82 valence electrons. The molecule has 0 radical (unpaired) electrons. The van der Waals surface area contributed by atoms with Crippen molar-refractivity contribution in [2.75, 3.05) is 0 Å². The van der Waals surface area contributed by atoms with Crippen LogP contribution in [0.15, 0.2) is 24.3 Å². The Morgan fingerprint density at radius 3 is 2.50 bits per heavy atom. The van der Waals surface area contributed by atoms with Crippen molar-refractivity contribution in [1.82, 2.24) is 9.97 Å². The van der Waals surface area contributed by atoms with Crippen LogP contribution in [0.1, 0.15) is 5.82 Å². The largest absolute Gasteiger partial charge is 0.233 e. The summed E-state index contributed by atoms with van der Waals surface area (Å²) in [5, 5.41) is 1.35. The summed E-state index contributed by atoms with van der Waals surface area (Å²) in [4.78, 5) is 8.26. The topological polar surface area (TPSA) is 25.8 Å². The molecule has 0 atom stereocenters. The number of aromatic nitrogens is 2. The number of rotatable bonds is 1. The second-order valence-corrected chi connectivity index (χ2v) is 4.40. The molecule has 0 spiro atoms. The van der Waals surface area contributed by atoms with E-state index in [2.05, 4.69) is 9.97 Å². The maximum Gasteiger partial charge on any atom is 0.133 e. The predicted molar refractivity (Wildman–Crippen MR) is 67.2 cm³/mol. The number of aryl methyl sites for hydroxylation is 1. The summed E-state index contributed by atoms with van der Waals surface area (Å²) < 4.78 is 0. The van der Waals surface area contributed by atoms with Crippen molar-refractivity contribution in [1.29, 1.82) is 0 Å². The van der Waals surface area contributed by atoms with E-state index in [0.717, 1.165) is 5.56 Å². The number of benzene rings is 1. The molecule has 1 aromatic carbocycles. The van der Waals surface area contributed by atoms with Crippen molar-refractivity contribution in [2.24, 2.45) is 0 Å². The lowest BCUT2D eigenvalue weighted by Crippen LogP contribution is -1.92. The average Bonchev–Trinajstić information content (AvgIpc) is 2.20. The Morgan fingerprint density at radius 1 is 1.06 bits per heavy atom. The zero-order chi connectivity index (χ0) is 11.7. The van der Waals surface area contributed by atoms with Crippen LogP contribution in [0.4, 0.5) is 0 Å². The number of halogens is 3. The molecule has 0 saturated carbocycles. The Labute approximate surface area is 108 Å². The summed E-state index contributed by atoms with van der Waals surface area (Å²) in [7, 11) is 0. The smallest absolute Gasteiger partial charge is 0.133 e. The fraction of sp³-hybridized carbons (Fsp3) is 0.0909. The van der Waals surface area contributed by atoms with Crippen LogP contribution in [0.25, 0.3) is 11.3 Å². The third kappa shape index (κ3) is 2.29. The summed E-state index contributed by atoms with van der Waals surface area (Å²) >= 11 is 17.9. The minimum Gasteiger partial charge on any atom is -0.233 e. The second-order valence-electron chi connectivity index (χ2n) is 3.22. The third-order valence-electron chi connectivity index (χ3n) is 2.03. The van der Waals surface area contributed by atoms with Gasteiger partial charge < -0.3 is 0 Å². The van der Waals surface area contributed by atoms with E-state index >= 15 is 0 Å². The van der Waals surface area contributed by atoms with Gasteiger partial charge in [0.25, 0.3) is 0 Å². The average molecular weight is 274 g/mol. The molecule has 0 N–H and O–H groups in total. The summed E-state index contributed by atoms with van der Waals surface area (Å²) in [5.74, 6) is 0.596. The van der Waals surface area contributed by atoms with Crippen molar-refractivity contribution in [3.63, 3.8) is 0 Å². The molecule has 16 heavy (non-hydrogen) atoms. The van der Waals surface area contributed by atoms with E-state index in [4.69, 9.17) is 34.8 Å². The van der Waals surface area contributed by atoms with Crippen LogP contribution in [0.3, 0.4) is 0 Å². The lowest BCUT2D eigenvalue weighted by atomic mass is 10.1. The van der Waals surface area contributed by atoms with Gasteiger partial charge in [-0.05, 0) is 13.0 Å². The molecule has 0 unspecified atom stereocenters. The van der Waals surface area contributed by atoms with E-state index < -0.39 is 0 Å². The fourth-order valence-electron chi connectivity index (χ4n) is 1.37. The number of hydrogen-bond acceptors (Lipinski definition) is 2. The van der Waals surface area contributed by atoms with E-state index in [-0.39, 0.29) is 0 Å². The highest BCUT2D eigenvalue weighted by atomic mass is 35.5. The number of hydrogen-bond donors (Lipinski definition) is 0. The van der Waals surface area contributed by atoms with E-state index in [0.29, 0.717) is 26.7 Å². The van der Waals surface area contributed by atoms with Gasteiger partial charge in [0.15, 0.2) is 0 Å². The first-order chi connectivity index (χ1) is 7.58. The van der Waals surface area contributed by atoms with Crippen molar-refractivity contribution in [3.05, 3.63) is 45.3 Å². The van der Waals surface area contributed by atoms with E-state index in [1.807, 2.05) is 12.1 Å². The molecule has 1 heterocycles. The molecule has 2 nitrogen and oxygen atoms in total. The molecule has 0 saturated heterocycles. The van der Waals surface area contributed by atoms with Gasteiger partial charge in [-0.15, -0.1) is 0 Å². The lowest BCUT2D eigenvalue weighted by Gasteiger charge is -2.06. The molecule has 2 aromatic rings. The molecule has 2 rings (SSSR count). The van der Waals surface area contributed by atoms with Crippen LogP contribution in [0, 0.1) is 6.92 Å². The van der Waals surface area contributed by atoms with Crippen LogP contribution in [0.5, 0.6) is 0 Å². The second kappa shape index (κ2) is 4.58. The molecule has 0 aliphatic carbocycles. The Morgan fingerprint density at radius 2 is 1.81 bits per heavy atom. The molecule has 1 aromatic heterocycles. The maximum atomic E-state index is 6.10. The minimum absolute atomic E-state index is 0.388. The predicted octanol–water partition coefficient (Wildman–Crippen LogP) is 4.41. The van der Waals surface area contributed by atoms with Crippen LogP contribution in [-0.2, 0) is 0 Å². The molecular weight excluding hydrogens is 266 g/mol. The van der Waals surface area contributed by atoms with Gasteiger partial charge in [0.1, 0.15) is 11.0 Å². The zero-order valence-corrected chi connectivity index (χ0v) is 10.6. The summed E-state index contributed by atoms with van der Waals surface area (Å²) in [6, 6.07) is 7.04. The van der Waals surface area contributed by atoms with Crippen LogP contribution < -0.4 is 0 Å². The van der Waals surface area contributed by atoms with Gasteiger partial charge in [-0.25, -0.2) is 9.97 Å². The molecule has 0 fully saturated rings. The van der Waals surface area contributed by atoms with Gasteiger partial charge in [-0.3, -0.25) is 0 Å². The normalized spacial score (nSPS) is 10.5. The first-order valence-corrected chi connectivity index (χ1v) is 5.67. The van der Waals surface area contributed by atoms with Gasteiger partial charge in [0, 0.05) is 11.6 Å². The van der Waals surface area contributed by atoms with Gasteiger partial charge in [-0.1, -0.05) is 46.9 Å². The molecule has 0 bridgehead atoms. The van der Waals surface area contributed by atoms with Gasteiger partial charge in [-0.2, -0.15) is 0 Å². The van der Waals surface area contributed by atoms with Gasteiger partial charge in [0.05, 0.1) is 15.7 Å². The maximum absolute atomic E-state index is 6.10. The van der Waals surface area contributed by atoms with Crippen LogP contribution in [-0.4, -0.2) is 9.97 Å². The Bertz CT molecular complexity index is 520. The van der Waals surface area contributed by atoms with E-state index in [1.165, 1.54) is 0 Å². The summed E-state index contributed by atoms with van der Waals surface area (Å²) in [6.45, 7) is 1.77. The molecule has 5 heteroatoms. The van der Waals surface area contributed by atoms with Crippen LogP contribution in [0.2, 0.25) is 15.2 Å². The molecule has 0 amide bonds.